The van der Waals surface area contributed by atoms with E-state index >= 15 is 0 Å². The van der Waals surface area contributed by atoms with Crippen LogP contribution in [0.4, 0.5) is 5.69 Å². The molecule has 0 saturated heterocycles. The molecule has 188 valence electrons. The van der Waals surface area contributed by atoms with Crippen molar-refractivity contribution in [1.29, 1.82) is 0 Å². The first-order valence-corrected chi connectivity index (χ1v) is 12.8. The standard InChI is InChI=1S/C22H23B3ClN5O5S/c1-9-6-27-16-15-11-2-5-14(30-12(11)3-4-13(15)37-17(16)18(32)29-9)36-19-10(7-28-20(26)31-19)8-35-22(25,34)21(23,24)33/h2-5,7,9,27,33-34H,6,8,23-25H2,1H3,(H,29,32)/t9-,22?/m1/s1. The van der Waals surface area contributed by atoms with Crippen molar-refractivity contribution in [2.75, 3.05) is 11.9 Å². The van der Waals surface area contributed by atoms with Crippen LogP contribution < -0.4 is 15.4 Å². The lowest BCUT2D eigenvalue weighted by Gasteiger charge is -2.36. The van der Waals surface area contributed by atoms with Gasteiger partial charge in [0.1, 0.15) is 26.3 Å². The molecule has 0 aliphatic carbocycles. The van der Waals surface area contributed by atoms with Crippen LogP contribution in [-0.2, 0) is 11.3 Å². The predicted molar refractivity (Wildman–Crippen MR) is 150 cm³/mol. The number of fused-ring (bicyclic) bond motifs is 5. The molecular formula is C22H23B3ClN5O5S. The topological polar surface area (TPSA) is 139 Å². The lowest BCUT2D eigenvalue weighted by Crippen LogP contribution is -2.57. The molecule has 1 amide bonds. The molecule has 37 heavy (non-hydrogen) atoms. The van der Waals surface area contributed by atoms with Crippen molar-refractivity contribution in [3.05, 3.63) is 46.2 Å². The second-order valence-electron chi connectivity index (χ2n) is 9.62. The second kappa shape index (κ2) is 9.45. The summed E-state index contributed by atoms with van der Waals surface area (Å²) >= 11 is 7.45. The summed E-state index contributed by atoms with van der Waals surface area (Å²) in [6.45, 7) is 2.43. The molecule has 3 aromatic heterocycles. The molecule has 1 aliphatic rings. The average molecular weight is 537 g/mol. The molecule has 4 aromatic rings. The number of amides is 1. The first-order chi connectivity index (χ1) is 17.4. The maximum Gasteiger partial charge on any atom is 0.263 e. The molecule has 15 heteroatoms. The Morgan fingerprint density at radius 3 is 2.76 bits per heavy atom. The Kier molecular flexibility index (Phi) is 6.57. The number of carbonyl (C=O) groups is 1. The summed E-state index contributed by atoms with van der Waals surface area (Å²) in [6.07, 6.45) is 1.42. The number of rotatable bonds is 6. The van der Waals surface area contributed by atoms with Gasteiger partial charge >= 0.3 is 0 Å². The number of anilines is 1. The lowest BCUT2D eigenvalue weighted by atomic mass is 9.54. The SMILES string of the molecule is BC(B)(O)C(B)(O)OCc1cnc(Cl)nc1Oc1ccc2c(ccc3sc4c(c32)NC[C@@H](C)NC4=O)n1. The van der Waals surface area contributed by atoms with Crippen molar-refractivity contribution in [2.45, 2.75) is 30.7 Å². The molecular weight excluding hydrogens is 514 g/mol. The fraction of sp³-hybridized carbons (Fsp3) is 0.273. The van der Waals surface area contributed by atoms with Crippen LogP contribution in [0.5, 0.6) is 11.8 Å². The van der Waals surface area contributed by atoms with E-state index in [0.29, 0.717) is 22.5 Å². The molecule has 4 N–H and O–H groups in total. The number of hydrogen-bond acceptors (Lipinski definition) is 10. The molecule has 0 saturated carbocycles. The normalized spacial score (nSPS) is 17.5. The third kappa shape index (κ3) is 4.99. The van der Waals surface area contributed by atoms with E-state index in [2.05, 4.69) is 25.6 Å². The minimum atomic E-state index is -1.84. The van der Waals surface area contributed by atoms with Crippen molar-refractivity contribution in [3.8, 4) is 11.8 Å². The van der Waals surface area contributed by atoms with Crippen LogP contribution in [0.1, 0.15) is 22.2 Å². The van der Waals surface area contributed by atoms with E-state index in [9.17, 15) is 15.0 Å². The van der Waals surface area contributed by atoms with Gasteiger partial charge in [0.2, 0.25) is 17.0 Å². The molecule has 0 spiro atoms. The highest BCUT2D eigenvalue weighted by Crippen LogP contribution is 2.41. The number of aromatic nitrogens is 3. The minimum absolute atomic E-state index is 0.0141. The van der Waals surface area contributed by atoms with Crippen molar-refractivity contribution in [3.63, 3.8) is 0 Å². The highest BCUT2D eigenvalue weighted by molar-refractivity contribution is 7.21. The van der Waals surface area contributed by atoms with Gasteiger partial charge in [-0.25, -0.2) is 9.97 Å². The number of carbonyl (C=O) groups excluding carboxylic acids is 1. The Hall–Kier alpha value is -2.90. The summed E-state index contributed by atoms with van der Waals surface area (Å²) in [7, 11) is 4.24. The molecule has 4 heterocycles. The minimum Gasteiger partial charge on any atom is -0.420 e. The van der Waals surface area contributed by atoms with Gasteiger partial charge in [0.15, 0.2) is 7.85 Å². The molecule has 2 atom stereocenters. The molecule has 1 aromatic carbocycles. The summed E-state index contributed by atoms with van der Waals surface area (Å²) in [6, 6.07) is 7.42. The van der Waals surface area contributed by atoms with Crippen LogP contribution in [0.3, 0.4) is 0 Å². The Bertz CT molecular complexity index is 1530. The summed E-state index contributed by atoms with van der Waals surface area (Å²) in [5.74, 6) is 0.280. The molecule has 10 nitrogen and oxygen atoms in total. The van der Waals surface area contributed by atoms with Gasteiger partial charge in [0, 0.05) is 45.7 Å². The van der Waals surface area contributed by atoms with Gasteiger partial charge in [-0.3, -0.25) is 4.79 Å². The third-order valence-electron chi connectivity index (χ3n) is 6.31. The molecule has 0 bridgehead atoms. The number of hydrogen-bond donors (Lipinski definition) is 4. The van der Waals surface area contributed by atoms with Crippen molar-refractivity contribution < 1.29 is 24.5 Å². The monoisotopic (exact) mass is 537 g/mol. The summed E-state index contributed by atoms with van der Waals surface area (Å²) in [5.41, 5.74) is 0.0492. The zero-order valence-electron chi connectivity index (χ0n) is 20.6. The number of ether oxygens (including phenoxy) is 2. The Morgan fingerprint density at radius 1 is 1.22 bits per heavy atom. The van der Waals surface area contributed by atoms with Crippen LogP contribution >= 0.6 is 22.9 Å². The fourth-order valence-electron chi connectivity index (χ4n) is 3.82. The molecule has 5 rings (SSSR count). The Labute approximate surface area is 224 Å². The van der Waals surface area contributed by atoms with E-state index in [1.807, 2.05) is 25.1 Å². The van der Waals surface area contributed by atoms with Gasteiger partial charge in [0.05, 0.1) is 23.4 Å². The largest absolute Gasteiger partial charge is 0.420 e. The van der Waals surface area contributed by atoms with Crippen molar-refractivity contribution in [1.82, 2.24) is 20.3 Å². The number of halogens is 1. The van der Waals surface area contributed by atoms with Crippen LogP contribution in [0.25, 0.3) is 21.0 Å². The maximum absolute atomic E-state index is 12.7. The van der Waals surface area contributed by atoms with E-state index in [0.717, 1.165) is 21.2 Å². The maximum atomic E-state index is 12.7. The number of benzene rings is 1. The van der Waals surface area contributed by atoms with Gasteiger partial charge in [-0.1, -0.05) is 0 Å². The van der Waals surface area contributed by atoms with Gasteiger partial charge in [-0.05, 0) is 36.7 Å². The van der Waals surface area contributed by atoms with Gasteiger partial charge in [0.25, 0.3) is 5.91 Å². The number of thiophene rings is 1. The summed E-state index contributed by atoms with van der Waals surface area (Å²) < 4.78 is 12.5. The van der Waals surface area contributed by atoms with Gasteiger partial charge in [-0.15, -0.1) is 11.3 Å². The Morgan fingerprint density at radius 2 is 2.00 bits per heavy atom. The molecule has 1 aliphatic heterocycles. The van der Waals surface area contributed by atoms with Gasteiger partial charge in [-0.2, -0.15) is 4.98 Å². The number of aliphatic hydroxyl groups is 2. The number of pyridine rings is 1. The summed E-state index contributed by atoms with van der Waals surface area (Å²) in [5, 5.41) is 27.3. The number of nitrogens with zero attached hydrogens (tertiary/aromatic N) is 3. The first kappa shape index (κ1) is 25.7. The Balaban J connectivity index is 1.48. The quantitative estimate of drug-likeness (QED) is 0.151. The van der Waals surface area contributed by atoms with Crippen LogP contribution in [0.15, 0.2) is 30.5 Å². The third-order valence-corrected chi connectivity index (χ3v) is 7.64. The van der Waals surface area contributed by atoms with E-state index in [1.165, 1.54) is 41.1 Å². The predicted octanol–water partition coefficient (Wildman–Crippen LogP) is -0.0629. The van der Waals surface area contributed by atoms with Crippen molar-refractivity contribution in [2.24, 2.45) is 0 Å². The van der Waals surface area contributed by atoms with Crippen LogP contribution in [0.2, 0.25) is 5.28 Å². The zero-order chi connectivity index (χ0) is 26.5. The van der Waals surface area contributed by atoms with E-state index in [4.69, 9.17) is 21.1 Å². The van der Waals surface area contributed by atoms with Gasteiger partial charge < -0.3 is 30.3 Å². The van der Waals surface area contributed by atoms with Crippen molar-refractivity contribution >= 4 is 79.1 Å². The second-order valence-corrected chi connectivity index (χ2v) is 11.0. The molecule has 0 fully saturated rings. The van der Waals surface area contributed by atoms with E-state index < -0.39 is 11.1 Å². The fourth-order valence-corrected chi connectivity index (χ4v) is 5.04. The smallest absolute Gasteiger partial charge is 0.263 e. The molecule has 1 unspecified atom stereocenters. The first-order valence-electron chi connectivity index (χ1n) is 11.6. The number of nitrogens with one attached hydrogen (secondary N) is 2. The summed E-state index contributed by atoms with van der Waals surface area (Å²) in [4.78, 5) is 26.1. The average Bonchev–Trinajstić information content (AvgIpc) is 3.14. The lowest BCUT2D eigenvalue weighted by molar-refractivity contribution is -0.196. The highest BCUT2D eigenvalue weighted by Gasteiger charge is 2.38. The molecule has 0 radical (unpaired) electrons. The zero-order valence-corrected chi connectivity index (χ0v) is 22.2. The van der Waals surface area contributed by atoms with E-state index in [1.54, 1.807) is 6.07 Å². The van der Waals surface area contributed by atoms with Crippen LogP contribution in [0, 0.1) is 0 Å². The van der Waals surface area contributed by atoms with Crippen LogP contribution in [-0.4, -0.2) is 78.3 Å². The van der Waals surface area contributed by atoms with E-state index in [-0.39, 0.29) is 35.6 Å². The highest BCUT2D eigenvalue weighted by atomic mass is 35.5.